The molecule has 0 atom stereocenters. The lowest BCUT2D eigenvalue weighted by atomic mass is 9.96. The Bertz CT molecular complexity index is 1330. The summed E-state index contributed by atoms with van der Waals surface area (Å²) in [4.78, 5) is 15.0. The van der Waals surface area contributed by atoms with E-state index in [0.29, 0.717) is 32.6 Å². The molecule has 0 bridgehead atoms. The van der Waals surface area contributed by atoms with Gasteiger partial charge in [-0.25, -0.2) is 19.3 Å². The highest BCUT2D eigenvalue weighted by Crippen LogP contribution is 2.36. The molecule has 9 heteroatoms. The average Bonchev–Trinajstić information content (AvgIpc) is 2.91. The van der Waals surface area contributed by atoms with E-state index in [2.05, 4.69) is 20.0 Å². The predicted molar refractivity (Wildman–Crippen MR) is 147 cm³/mol. The molecule has 0 aliphatic heterocycles. The average molecular weight is 538 g/mol. The van der Waals surface area contributed by atoms with Crippen molar-refractivity contribution in [3.8, 4) is 11.3 Å². The number of benzene rings is 2. The molecular weight excluding hydrogens is 513 g/mol. The molecule has 0 saturated heterocycles. The molecule has 4 aromatic rings. The first kappa shape index (κ1) is 24.9. The molecule has 1 saturated carbocycles. The summed E-state index contributed by atoms with van der Waals surface area (Å²) in [5.74, 6) is 0.292. The van der Waals surface area contributed by atoms with Gasteiger partial charge in [0.05, 0.1) is 10.7 Å². The number of halogens is 2. The van der Waals surface area contributed by atoms with Gasteiger partial charge in [-0.15, -0.1) is 0 Å². The number of nitrogens with one attached hydrogen (secondary N) is 2. The van der Waals surface area contributed by atoms with E-state index in [1.807, 2.05) is 48.5 Å². The number of hydrogen-bond donors (Lipinski definition) is 2. The minimum absolute atomic E-state index is 0.330. The van der Waals surface area contributed by atoms with Crippen LogP contribution in [0, 0.1) is 5.82 Å². The van der Waals surface area contributed by atoms with E-state index < -0.39 is 0 Å². The van der Waals surface area contributed by atoms with Crippen molar-refractivity contribution < 1.29 is 4.39 Å². The van der Waals surface area contributed by atoms with Crippen LogP contribution in [-0.4, -0.2) is 21.0 Å². The summed E-state index contributed by atoms with van der Waals surface area (Å²) in [6, 6.07) is 18.7. The molecule has 2 N–H and O–H groups in total. The molecule has 36 heavy (non-hydrogen) atoms. The summed E-state index contributed by atoms with van der Waals surface area (Å²) in [5, 5.41) is 4.81. The second kappa shape index (κ2) is 12.0. The number of hydrogen-bond acceptors (Lipinski definition) is 7. The Hall–Kier alpha value is -2.81. The fourth-order valence-electron chi connectivity index (χ4n) is 4.07. The van der Waals surface area contributed by atoms with Crippen molar-refractivity contribution in [2.45, 2.75) is 53.0 Å². The molecule has 5 rings (SSSR count). The van der Waals surface area contributed by atoms with Gasteiger partial charge in [0, 0.05) is 39.5 Å². The molecule has 0 unspecified atom stereocenters. The summed E-state index contributed by atoms with van der Waals surface area (Å²) in [7, 11) is 0. The van der Waals surface area contributed by atoms with Gasteiger partial charge in [0.15, 0.2) is 0 Å². The molecule has 1 aliphatic rings. The third kappa shape index (κ3) is 6.30. The Kier molecular flexibility index (Phi) is 8.25. The lowest BCUT2D eigenvalue weighted by molar-refractivity contribution is 0.461. The van der Waals surface area contributed by atoms with Crippen LogP contribution in [0.15, 0.2) is 87.9 Å². The molecule has 5 nitrogen and oxygen atoms in total. The minimum atomic E-state index is -0.330. The largest absolute Gasteiger partial charge is 0.351 e. The van der Waals surface area contributed by atoms with Gasteiger partial charge in [0.1, 0.15) is 10.8 Å². The lowest BCUT2D eigenvalue weighted by Gasteiger charge is -2.22. The van der Waals surface area contributed by atoms with Crippen LogP contribution >= 0.6 is 35.3 Å². The Morgan fingerprint density at radius 3 is 2.58 bits per heavy atom. The molecular formula is C27H25ClFN5S2. The maximum atomic E-state index is 15.0. The van der Waals surface area contributed by atoms with Crippen LogP contribution in [0.4, 0.5) is 16.0 Å². The van der Waals surface area contributed by atoms with Crippen molar-refractivity contribution in [3.63, 3.8) is 0 Å². The Morgan fingerprint density at radius 2 is 1.75 bits per heavy atom. The third-order valence-corrected chi connectivity index (χ3v) is 8.32. The normalized spacial score (nSPS) is 13.9. The first-order valence-corrected chi connectivity index (χ1v) is 13.9. The zero-order valence-electron chi connectivity index (χ0n) is 19.5. The highest BCUT2D eigenvalue weighted by Gasteiger charge is 2.16. The van der Waals surface area contributed by atoms with E-state index in [-0.39, 0.29) is 5.82 Å². The molecule has 0 spiro atoms. The molecule has 0 radical (unpaired) electrons. The van der Waals surface area contributed by atoms with Crippen LogP contribution in [0.25, 0.3) is 11.3 Å². The highest BCUT2D eigenvalue weighted by molar-refractivity contribution is 8.00. The van der Waals surface area contributed by atoms with Gasteiger partial charge in [-0.1, -0.05) is 54.8 Å². The standard InChI is InChI=1S/C27H25ClFN5S2/c28-21-10-4-5-11-24(21)36-34-19-12-13-25(22(29)17-19)35-26-20(9-6-15-30-26)23-14-16-31-27(33-23)32-18-7-2-1-3-8-18/h4-6,9-18,34H,1-3,7-8H2,(H,31,32,33). The van der Waals surface area contributed by atoms with Gasteiger partial charge in [-0.2, -0.15) is 0 Å². The molecule has 1 aliphatic carbocycles. The van der Waals surface area contributed by atoms with E-state index >= 15 is 4.39 Å². The molecule has 2 aromatic heterocycles. The number of rotatable bonds is 8. The zero-order chi connectivity index (χ0) is 24.7. The fourth-order valence-corrected chi connectivity index (χ4v) is 5.88. The molecule has 0 amide bonds. The first-order valence-electron chi connectivity index (χ1n) is 11.9. The molecule has 2 heterocycles. The van der Waals surface area contributed by atoms with E-state index in [1.54, 1.807) is 18.5 Å². The van der Waals surface area contributed by atoms with Gasteiger partial charge in [0.2, 0.25) is 5.95 Å². The van der Waals surface area contributed by atoms with Crippen molar-refractivity contribution >= 4 is 46.9 Å². The van der Waals surface area contributed by atoms with Crippen LogP contribution in [0.1, 0.15) is 32.1 Å². The van der Waals surface area contributed by atoms with E-state index in [0.717, 1.165) is 29.0 Å². The van der Waals surface area contributed by atoms with E-state index in [9.17, 15) is 0 Å². The van der Waals surface area contributed by atoms with Crippen LogP contribution < -0.4 is 10.0 Å². The number of aromatic nitrogens is 3. The van der Waals surface area contributed by atoms with Crippen molar-refractivity contribution in [1.82, 2.24) is 15.0 Å². The van der Waals surface area contributed by atoms with Gasteiger partial charge < -0.3 is 10.0 Å². The van der Waals surface area contributed by atoms with E-state index in [1.165, 1.54) is 49.0 Å². The van der Waals surface area contributed by atoms with E-state index in [4.69, 9.17) is 16.6 Å². The van der Waals surface area contributed by atoms with Crippen LogP contribution in [-0.2, 0) is 0 Å². The molecule has 1 fully saturated rings. The number of nitrogens with zero attached hydrogens (tertiary/aromatic N) is 3. The van der Waals surface area contributed by atoms with Crippen molar-refractivity contribution in [3.05, 3.63) is 83.9 Å². The first-order chi connectivity index (χ1) is 17.7. The summed E-state index contributed by atoms with van der Waals surface area (Å²) in [5.41, 5.74) is 2.25. The summed E-state index contributed by atoms with van der Waals surface area (Å²) in [6.07, 6.45) is 9.52. The van der Waals surface area contributed by atoms with Gasteiger partial charge >= 0.3 is 0 Å². The number of anilines is 2. The second-order valence-corrected chi connectivity index (χ2v) is 10.8. The third-order valence-electron chi connectivity index (χ3n) is 5.90. The maximum absolute atomic E-state index is 15.0. The van der Waals surface area contributed by atoms with Gasteiger partial charge in [0.25, 0.3) is 0 Å². The van der Waals surface area contributed by atoms with Crippen LogP contribution in [0.3, 0.4) is 0 Å². The van der Waals surface area contributed by atoms with Crippen molar-refractivity contribution in [1.29, 1.82) is 0 Å². The predicted octanol–water partition coefficient (Wildman–Crippen LogP) is 8.35. The topological polar surface area (TPSA) is 62.7 Å². The van der Waals surface area contributed by atoms with Gasteiger partial charge in [-0.3, -0.25) is 0 Å². The fraction of sp³-hybridized carbons (Fsp3) is 0.222. The Morgan fingerprint density at radius 1 is 0.889 bits per heavy atom. The minimum Gasteiger partial charge on any atom is -0.351 e. The lowest BCUT2D eigenvalue weighted by Crippen LogP contribution is -2.23. The molecule has 184 valence electrons. The highest BCUT2D eigenvalue weighted by atomic mass is 35.5. The van der Waals surface area contributed by atoms with Crippen molar-refractivity contribution in [2.24, 2.45) is 0 Å². The molecule has 2 aromatic carbocycles. The van der Waals surface area contributed by atoms with Crippen LogP contribution in [0.2, 0.25) is 5.02 Å². The van der Waals surface area contributed by atoms with Gasteiger partial charge in [-0.05, 0) is 73.3 Å². The van der Waals surface area contributed by atoms with Crippen LogP contribution in [0.5, 0.6) is 0 Å². The monoisotopic (exact) mass is 537 g/mol. The SMILES string of the molecule is Fc1cc(NSc2ccccc2Cl)ccc1Sc1ncccc1-c1ccnc(NC2CCCCC2)n1. The summed E-state index contributed by atoms with van der Waals surface area (Å²) in [6.45, 7) is 0. The summed E-state index contributed by atoms with van der Waals surface area (Å²) < 4.78 is 18.2. The quantitative estimate of drug-likeness (QED) is 0.219. The Balaban J connectivity index is 1.31. The zero-order valence-corrected chi connectivity index (χ0v) is 21.8. The van der Waals surface area contributed by atoms with Crippen molar-refractivity contribution in [2.75, 3.05) is 10.0 Å². The maximum Gasteiger partial charge on any atom is 0.223 e. The summed E-state index contributed by atoms with van der Waals surface area (Å²) >= 11 is 8.83. The second-order valence-electron chi connectivity index (χ2n) is 8.48. The smallest absolute Gasteiger partial charge is 0.223 e. The Labute approximate surface area is 223 Å². The number of pyridine rings is 1.